The lowest BCUT2D eigenvalue weighted by molar-refractivity contribution is -0.115. The number of nitrogens with zero attached hydrogens (tertiary/aromatic N) is 3. The van der Waals surface area contributed by atoms with E-state index in [4.69, 9.17) is 0 Å². The zero-order valence-corrected chi connectivity index (χ0v) is 20.3. The van der Waals surface area contributed by atoms with Crippen LogP contribution in [0, 0.1) is 5.82 Å². The van der Waals surface area contributed by atoms with Gasteiger partial charge in [0.05, 0.1) is 22.0 Å². The van der Waals surface area contributed by atoms with Crippen LogP contribution in [0.2, 0.25) is 0 Å². The number of halogens is 1. The molecular formula is C24H23FN6O2S2. The molecule has 2 fully saturated rings. The lowest BCUT2D eigenvalue weighted by Crippen LogP contribution is -2.37. The summed E-state index contributed by atoms with van der Waals surface area (Å²) in [6, 6.07) is 7.38. The smallest absolute Gasteiger partial charge is 0.290 e. The molecule has 3 aromatic rings. The van der Waals surface area contributed by atoms with Crippen molar-refractivity contribution in [2.45, 2.75) is 44.3 Å². The van der Waals surface area contributed by atoms with Gasteiger partial charge in [-0.2, -0.15) is 11.3 Å². The van der Waals surface area contributed by atoms with Crippen LogP contribution in [-0.4, -0.2) is 38.2 Å². The summed E-state index contributed by atoms with van der Waals surface area (Å²) in [6.45, 7) is 0.389. The molecule has 180 valence electrons. The summed E-state index contributed by atoms with van der Waals surface area (Å²) in [6.07, 6.45) is 6.92. The average molecular weight is 511 g/mol. The van der Waals surface area contributed by atoms with E-state index in [9.17, 15) is 14.0 Å². The number of aromatic nitrogens is 3. The van der Waals surface area contributed by atoms with E-state index in [1.165, 1.54) is 6.07 Å². The lowest BCUT2D eigenvalue weighted by atomic mass is 9.91. The van der Waals surface area contributed by atoms with Crippen LogP contribution in [0.25, 0.3) is 17.3 Å². The number of imide groups is 1. The Morgan fingerprint density at radius 2 is 1.91 bits per heavy atom. The van der Waals surface area contributed by atoms with Crippen LogP contribution >= 0.6 is 23.1 Å². The van der Waals surface area contributed by atoms with E-state index < -0.39 is 5.91 Å². The molecule has 3 N–H and O–H groups in total. The van der Waals surface area contributed by atoms with Gasteiger partial charge in [0, 0.05) is 35.8 Å². The maximum atomic E-state index is 14.3. The summed E-state index contributed by atoms with van der Waals surface area (Å²) >= 11 is 2.45. The van der Waals surface area contributed by atoms with Crippen molar-refractivity contribution < 1.29 is 14.0 Å². The lowest BCUT2D eigenvalue weighted by Gasteiger charge is -2.29. The van der Waals surface area contributed by atoms with Crippen molar-refractivity contribution >= 4 is 46.3 Å². The maximum Gasteiger partial charge on any atom is 0.290 e. The van der Waals surface area contributed by atoms with Crippen molar-refractivity contribution in [1.82, 2.24) is 25.6 Å². The van der Waals surface area contributed by atoms with Gasteiger partial charge >= 0.3 is 0 Å². The molecular weight excluding hydrogens is 487 g/mol. The highest BCUT2D eigenvalue weighted by Gasteiger charge is 2.25. The van der Waals surface area contributed by atoms with Crippen molar-refractivity contribution in [3.8, 4) is 11.3 Å². The minimum absolute atomic E-state index is 0.221. The van der Waals surface area contributed by atoms with Gasteiger partial charge < -0.3 is 10.6 Å². The zero-order chi connectivity index (χ0) is 24.2. The first-order chi connectivity index (χ1) is 17.0. The molecule has 1 aliphatic carbocycles. The van der Waals surface area contributed by atoms with Gasteiger partial charge in [-0.15, -0.1) is 0 Å². The standard InChI is InChI=1S/C24H23FN6O2S2/c25-18-5-6-19(14-8-10-34-13-14)30-20(18)12-27-15-1-3-16(4-2-15)28-23-26-9-7-17(29-23)11-21-22(32)31-24(33)35-21/h5-11,13,15-16,27H,1-4,12H2,(H,26,28,29)(H,31,32,33)/b21-11-/t15-,16-. The van der Waals surface area contributed by atoms with Gasteiger partial charge in [-0.25, -0.2) is 19.3 Å². The van der Waals surface area contributed by atoms with E-state index in [-0.39, 0.29) is 23.1 Å². The van der Waals surface area contributed by atoms with E-state index in [0.29, 0.717) is 28.8 Å². The number of pyridine rings is 1. The molecule has 1 aliphatic heterocycles. The number of thiophene rings is 1. The molecule has 0 unspecified atom stereocenters. The van der Waals surface area contributed by atoms with Gasteiger partial charge in [-0.1, -0.05) is 0 Å². The summed E-state index contributed by atoms with van der Waals surface area (Å²) < 4.78 is 14.3. The van der Waals surface area contributed by atoms with Gasteiger partial charge in [-0.3, -0.25) is 14.9 Å². The molecule has 0 radical (unpaired) electrons. The highest BCUT2D eigenvalue weighted by Crippen LogP contribution is 2.26. The minimum atomic E-state index is -0.410. The van der Waals surface area contributed by atoms with Crippen LogP contribution < -0.4 is 16.0 Å². The monoisotopic (exact) mass is 510 g/mol. The Morgan fingerprint density at radius 3 is 2.66 bits per heavy atom. The van der Waals surface area contributed by atoms with Crippen LogP contribution in [0.5, 0.6) is 0 Å². The van der Waals surface area contributed by atoms with Gasteiger partial charge in [0.25, 0.3) is 11.1 Å². The number of hydrogen-bond acceptors (Lipinski definition) is 9. The number of thioether (sulfide) groups is 1. The second-order valence-corrected chi connectivity index (χ2v) is 10.2. The van der Waals surface area contributed by atoms with E-state index in [0.717, 1.165) is 48.7 Å². The first-order valence-corrected chi connectivity index (χ1v) is 13.1. The van der Waals surface area contributed by atoms with Gasteiger partial charge in [0.1, 0.15) is 5.82 Å². The fourth-order valence-corrected chi connectivity index (χ4v) is 5.44. The number of carbonyl (C=O) groups excluding carboxylic acids is 2. The molecule has 1 saturated heterocycles. The van der Waals surface area contributed by atoms with Crippen molar-refractivity contribution in [3.63, 3.8) is 0 Å². The first-order valence-electron chi connectivity index (χ1n) is 11.3. The summed E-state index contributed by atoms with van der Waals surface area (Å²) in [5, 5.41) is 12.7. The molecule has 2 amide bonds. The normalized spacial score (nSPS) is 21.3. The Hall–Kier alpha value is -3.15. The Bertz CT molecular complexity index is 1260. The molecule has 1 saturated carbocycles. The molecule has 4 heterocycles. The average Bonchev–Trinajstić information content (AvgIpc) is 3.49. The maximum absolute atomic E-state index is 14.3. The largest absolute Gasteiger partial charge is 0.351 e. The van der Waals surface area contributed by atoms with Crippen LogP contribution in [0.4, 0.5) is 15.1 Å². The van der Waals surface area contributed by atoms with E-state index >= 15 is 0 Å². The fraction of sp³-hybridized carbons (Fsp3) is 0.292. The third-order valence-corrected chi connectivity index (χ3v) is 7.45. The van der Waals surface area contributed by atoms with Gasteiger partial charge in [0.15, 0.2) is 0 Å². The van der Waals surface area contributed by atoms with Crippen molar-refractivity contribution in [3.05, 3.63) is 63.3 Å². The van der Waals surface area contributed by atoms with Crippen molar-refractivity contribution in [2.24, 2.45) is 0 Å². The molecule has 5 rings (SSSR count). The summed E-state index contributed by atoms with van der Waals surface area (Å²) in [4.78, 5) is 36.7. The molecule has 3 aromatic heterocycles. The molecule has 0 aromatic carbocycles. The third-order valence-electron chi connectivity index (χ3n) is 5.95. The Labute approximate surface area is 209 Å². The van der Waals surface area contributed by atoms with Crippen LogP contribution in [0.15, 0.2) is 46.1 Å². The van der Waals surface area contributed by atoms with E-state index in [1.807, 2.05) is 16.8 Å². The molecule has 8 nitrogen and oxygen atoms in total. The van der Waals surface area contributed by atoms with Gasteiger partial charge in [-0.05, 0) is 73.2 Å². The second-order valence-electron chi connectivity index (χ2n) is 8.37. The predicted molar refractivity (Wildman–Crippen MR) is 135 cm³/mol. The number of hydrogen-bond donors (Lipinski definition) is 3. The minimum Gasteiger partial charge on any atom is -0.351 e. The fourth-order valence-electron chi connectivity index (χ4n) is 4.12. The predicted octanol–water partition coefficient (Wildman–Crippen LogP) is 4.58. The number of nitrogens with one attached hydrogen (secondary N) is 3. The molecule has 35 heavy (non-hydrogen) atoms. The molecule has 0 bridgehead atoms. The highest BCUT2D eigenvalue weighted by atomic mass is 32.2. The highest BCUT2D eigenvalue weighted by molar-refractivity contribution is 8.18. The Kier molecular flexibility index (Phi) is 7.16. The SMILES string of the molecule is O=C1NC(=O)/C(=C/c2ccnc(N[C@H]3CC[C@H](NCc4nc(-c5ccsc5)ccc4F)CC3)n2)S1. The second kappa shape index (κ2) is 10.6. The van der Waals surface area contributed by atoms with Crippen LogP contribution in [0.3, 0.4) is 0 Å². The number of carbonyl (C=O) groups is 2. The number of anilines is 1. The molecule has 2 aliphatic rings. The van der Waals surface area contributed by atoms with Gasteiger partial charge in [0.2, 0.25) is 5.95 Å². The zero-order valence-electron chi connectivity index (χ0n) is 18.7. The quantitative estimate of drug-likeness (QED) is 0.397. The third kappa shape index (κ3) is 5.92. The number of rotatable bonds is 7. The summed E-state index contributed by atoms with van der Waals surface area (Å²) in [5.41, 5.74) is 2.78. The molecule has 0 atom stereocenters. The Morgan fingerprint density at radius 1 is 1.09 bits per heavy atom. The van der Waals surface area contributed by atoms with Crippen molar-refractivity contribution in [1.29, 1.82) is 0 Å². The Balaban J connectivity index is 1.13. The van der Waals surface area contributed by atoms with E-state index in [1.54, 1.807) is 35.7 Å². The first kappa shape index (κ1) is 23.6. The topological polar surface area (TPSA) is 109 Å². The van der Waals surface area contributed by atoms with Crippen LogP contribution in [-0.2, 0) is 11.3 Å². The molecule has 11 heteroatoms. The van der Waals surface area contributed by atoms with Crippen molar-refractivity contribution in [2.75, 3.05) is 5.32 Å². The summed E-state index contributed by atoms with van der Waals surface area (Å²) in [5.74, 6) is -0.217. The summed E-state index contributed by atoms with van der Waals surface area (Å²) in [7, 11) is 0. The molecule has 0 spiro atoms. The number of amides is 2. The van der Waals surface area contributed by atoms with E-state index in [2.05, 4.69) is 30.9 Å². The van der Waals surface area contributed by atoms with Crippen LogP contribution in [0.1, 0.15) is 37.1 Å².